The Kier molecular flexibility index (Phi) is 6.67. The van der Waals surface area contributed by atoms with Gasteiger partial charge in [-0.2, -0.15) is 10.2 Å². The lowest BCUT2D eigenvalue weighted by Gasteiger charge is -2.26. The predicted molar refractivity (Wildman–Crippen MR) is 122 cm³/mol. The van der Waals surface area contributed by atoms with Gasteiger partial charge in [0.05, 0.1) is 23.5 Å². The average Bonchev–Trinajstić information content (AvgIpc) is 3.50. The van der Waals surface area contributed by atoms with Gasteiger partial charge < -0.3 is 15.1 Å². The molecular weight excluding hydrogens is 457 g/mol. The van der Waals surface area contributed by atoms with Gasteiger partial charge in [-0.3, -0.25) is 14.7 Å². The fourth-order valence-electron chi connectivity index (χ4n) is 3.90. The molecule has 3 heterocycles. The van der Waals surface area contributed by atoms with Crippen LogP contribution in [0.5, 0.6) is 0 Å². The minimum absolute atomic E-state index is 0.00371. The number of hydrogen-bond donors (Lipinski definition) is 3. The molecule has 0 aliphatic carbocycles. The molecule has 3 N–H and O–H groups in total. The second-order valence-corrected chi connectivity index (χ2v) is 7.59. The molecule has 5 rings (SSSR count). The zero-order valence-corrected chi connectivity index (χ0v) is 18.3. The first-order chi connectivity index (χ1) is 16.9. The number of carbonyl (C=O) groups is 3. The molecule has 0 atom stereocenters. The molecular formula is C24H20FN5O5. The van der Waals surface area contributed by atoms with Gasteiger partial charge in [-0.1, -0.05) is 18.2 Å². The second kappa shape index (κ2) is 10.00. The molecule has 0 saturated heterocycles. The number of carboxylic acid groups (broad SMARTS) is 2. The first-order valence-electron chi connectivity index (χ1n) is 10.5. The monoisotopic (exact) mass is 477 g/mol. The number of aromatic amines is 1. The molecule has 35 heavy (non-hydrogen) atoms. The molecule has 0 radical (unpaired) electrons. The highest BCUT2D eigenvalue weighted by Crippen LogP contribution is 2.28. The summed E-state index contributed by atoms with van der Waals surface area (Å²) in [6, 6.07) is 15.2. The molecule has 178 valence electrons. The highest BCUT2D eigenvalue weighted by Gasteiger charge is 2.30. The maximum absolute atomic E-state index is 13.5. The summed E-state index contributed by atoms with van der Waals surface area (Å²) in [6.07, 6.45) is 2.05. The van der Waals surface area contributed by atoms with Crippen LogP contribution in [0.4, 0.5) is 4.39 Å². The first kappa shape index (κ1) is 23.4. The molecule has 2 aromatic heterocycles. The molecule has 0 fully saturated rings. The van der Waals surface area contributed by atoms with E-state index in [1.165, 1.54) is 12.1 Å². The van der Waals surface area contributed by atoms with E-state index in [0.717, 1.165) is 5.69 Å². The first-order valence-corrected chi connectivity index (χ1v) is 10.5. The van der Waals surface area contributed by atoms with Gasteiger partial charge in [-0.25, -0.2) is 13.9 Å². The van der Waals surface area contributed by atoms with Crippen LogP contribution in [-0.2, 0) is 17.8 Å². The van der Waals surface area contributed by atoms with Crippen molar-refractivity contribution < 1.29 is 29.0 Å². The standard InChI is InChI=1S/C23H18FN5O3.CH2O2/c24-15-8-6-14(7-9-15)20-18(12-29(27-20)16-4-2-1-3-5-16)22(30)28-11-10-17-19(13-28)25-26-21(17)23(31)32;2-1-3/h1-9,12H,10-11,13H2,(H,25,26)(H,31,32);1H,(H,2,3). The SMILES string of the molecule is O=C(O)c1n[nH]c2c1CCN(C(=O)c1cn(-c3ccccc3)nc1-c1ccc(F)cc1)C2.O=CO. The van der Waals surface area contributed by atoms with Gasteiger partial charge in [-0.15, -0.1) is 0 Å². The maximum atomic E-state index is 13.5. The molecule has 0 unspecified atom stereocenters. The largest absolute Gasteiger partial charge is 0.483 e. The number of carbonyl (C=O) groups excluding carboxylic acids is 1. The van der Waals surface area contributed by atoms with Gasteiger partial charge >= 0.3 is 5.97 Å². The highest BCUT2D eigenvalue weighted by molar-refractivity contribution is 6.00. The predicted octanol–water partition coefficient (Wildman–Crippen LogP) is 3.00. The zero-order chi connectivity index (χ0) is 24.9. The van der Waals surface area contributed by atoms with Crippen molar-refractivity contribution in [2.45, 2.75) is 13.0 Å². The van der Waals surface area contributed by atoms with Crippen LogP contribution in [0.1, 0.15) is 32.1 Å². The van der Waals surface area contributed by atoms with Gasteiger partial charge in [0, 0.05) is 23.9 Å². The highest BCUT2D eigenvalue weighted by atomic mass is 19.1. The van der Waals surface area contributed by atoms with E-state index < -0.39 is 5.97 Å². The molecule has 0 spiro atoms. The number of hydrogen-bond acceptors (Lipinski definition) is 5. The number of carboxylic acids is 1. The Hall–Kier alpha value is -4.80. The molecule has 0 saturated carbocycles. The lowest BCUT2D eigenvalue weighted by Crippen LogP contribution is -2.36. The van der Waals surface area contributed by atoms with Gasteiger partial charge in [0.15, 0.2) is 5.69 Å². The summed E-state index contributed by atoms with van der Waals surface area (Å²) in [4.78, 5) is 34.8. The number of nitrogens with zero attached hydrogens (tertiary/aromatic N) is 4. The average molecular weight is 477 g/mol. The van der Waals surface area contributed by atoms with Gasteiger partial charge in [0.1, 0.15) is 11.5 Å². The molecule has 1 aliphatic heterocycles. The van der Waals surface area contributed by atoms with Gasteiger partial charge in [0.2, 0.25) is 0 Å². The third-order valence-corrected chi connectivity index (χ3v) is 5.51. The normalized spacial score (nSPS) is 12.3. The number of halogens is 1. The van der Waals surface area contributed by atoms with Crippen molar-refractivity contribution in [2.75, 3.05) is 6.54 Å². The molecule has 1 amide bonds. The fourth-order valence-corrected chi connectivity index (χ4v) is 3.90. The van der Waals surface area contributed by atoms with Gasteiger partial charge in [0.25, 0.3) is 12.4 Å². The van der Waals surface area contributed by atoms with Crippen LogP contribution in [0.15, 0.2) is 60.8 Å². The van der Waals surface area contributed by atoms with Crippen LogP contribution in [-0.4, -0.2) is 60.0 Å². The van der Waals surface area contributed by atoms with Crippen LogP contribution in [0.2, 0.25) is 0 Å². The second-order valence-electron chi connectivity index (χ2n) is 7.59. The van der Waals surface area contributed by atoms with E-state index in [2.05, 4.69) is 15.3 Å². The molecule has 10 nitrogen and oxygen atoms in total. The van der Waals surface area contributed by atoms with Crippen molar-refractivity contribution in [3.63, 3.8) is 0 Å². The van der Waals surface area contributed by atoms with Crippen molar-refractivity contribution in [1.82, 2.24) is 24.9 Å². The Balaban J connectivity index is 0.000000917. The molecule has 2 aromatic carbocycles. The number of amides is 1. The zero-order valence-electron chi connectivity index (χ0n) is 18.3. The summed E-state index contributed by atoms with van der Waals surface area (Å²) in [5.74, 6) is -1.71. The summed E-state index contributed by atoms with van der Waals surface area (Å²) in [5, 5.41) is 27.4. The van der Waals surface area contributed by atoms with E-state index in [1.54, 1.807) is 27.9 Å². The number of aromatic carboxylic acids is 1. The minimum atomic E-state index is -1.09. The lowest BCUT2D eigenvalue weighted by molar-refractivity contribution is -0.122. The van der Waals surface area contributed by atoms with E-state index in [-0.39, 0.29) is 30.4 Å². The summed E-state index contributed by atoms with van der Waals surface area (Å²) in [7, 11) is 0. The molecule has 1 aliphatic rings. The summed E-state index contributed by atoms with van der Waals surface area (Å²) in [6.45, 7) is 0.318. The van der Waals surface area contributed by atoms with Crippen molar-refractivity contribution in [1.29, 1.82) is 0 Å². The number of nitrogens with one attached hydrogen (secondary N) is 1. The van der Waals surface area contributed by atoms with Crippen LogP contribution in [0.25, 0.3) is 16.9 Å². The van der Waals surface area contributed by atoms with Crippen LogP contribution < -0.4 is 0 Å². The number of H-pyrrole nitrogens is 1. The van der Waals surface area contributed by atoms with Crippen LogP contribution >= 0.6 is 0 Å². The van der Waals surface area contributed by atoms with Crippen molar-refractivity contribution in [2.24, 2.45) is 0 Å². The number of aromatic nitrogens is 4. The number of para-hydroxylation sites is 1. The smallest absolute Gasteiger partial charge is 0.356 e. The fraction of sp³-hybridized carbons (Fsp3) is 0.125. The Morgan fingerprint density at radius 1 is 1.09 bits per heavy atom. The van der Waals surface area contributed by atoms with E-state index >= 15 is 0 Å². The third-order valence-electron chi connectivity index (χ3n) is 5.51. The Labute approximate surface area is 198 Å². The van der Waals surface area contributed by atoms with E-state index in [4.69, 9.17) is 9.90 Å². The topological polar surface area (TPSA) is 141 Å². The molecule has 4 aromatic rings. The van der Waals surface area contributed by atoms with E-state index in [1.807, 2.05) is 30.3 Å². The van der Waals surface area contributed by atoms with E-state index in [9.17, 15) is 19.1 Å². The number of rotatable bonds is 4. The Bertz CT molecular complexity index is 1360. The van der Waals surface area contributed by atoms with Crippen molar-refractivity contribution in [3.8, 4) is 16.9 Å². The van der Waals surface area contributed by atoms with Gasteiger partial charge in [-0.05, 0) is 42.8 Å². The third kappa shape index (κ3) is 4.78. The van der Waals surface area contributed by atoms with Crippen molar-refractivity contribution >= 4 is 18.3 Å². The van der Waals surface area contributed by atoms with E-state index in [0.29, 0.717) is 41.0 Å². The quantitative estimate of drug-likeness (QED) is 0.384. The van der Waals surface area contributed by atoms with Crippen LogP contribution in [0.3, 0.4) is 0 Å². The Morgan fingerprint density at radius 2 is 1.77 bits per heavy atom. The summed E-state index contributed by atoms with van der Waals surface area (Å²) >= 11 is 0. The lowest BCUT2D eigenvalue weighted by atomic mass is 10.0. The molecule has 0 bridgehead atoms. The summed E-state index contributed by atoms with van der Waals surface area (Å²) < 4.78 is 15.1. The maximum Gasteiger partial charge on any atom is 0.356 e. The number of benzene rings is 2. The van der Waals surface area contributed by atoms with Crippen LogP contribution in [0, 0.1) is 5.82 Å². The Morgan fingerprint density at radius 3 is 2.43 bits per heavy atom. The molecule has 11 heteroatoms. The van der Waals surface area contributed by atoms with Crippen molar-refractivity contribution in [3.05, 3.63) is 89.1 Å². The number of fused-ring (bicyclic) bond motifs is 1. The summed E-state index contributed by atoms with van der Waals surface area (Å²) in [5.41, 5.74) is 3.46. The minimum Gasteiger partial charge on any atom is -0.483 e.